The molecule has 4 aromatic rings. The molecule has 0 aliphatic rings. The van der Waals surface area contributed by atoms with E-state index in [9.17, 15) is 36.2 Å². The van der Waals surface area contributed by atoms with Crippen LogP contribution in [0, 0.1) is 0 Å². The third kappa shape index (κ3) is 4.66. The third-order valence-corrected chi connectivity index (χ3v) is 5.80. The Morgan fingerprint density at radius 3 is 2.05 bits per heavy atom. The maximum atomic E-state index is 13.7. The van der Waals surface area contributed by atoms with Gasteiger partial charge in [0.15, 0.2) is 0 Å². The van der Waals surface area contributed by atoms with Gasteiger partial charge >= 0.3 is 12.4 Å². The van der Waals surface area contributed by atoms with E-state index >= 15 is 0 Å². The van der Waals surface area contributed by atoms with Crippen molar-refractivity contribution in [3.63, 3.8) is 0 Å². The Balaban J connectivity index is 1.94. The molecule has 37 heavy (non-hydrogen) atoms. The molecule has 0 spiro atoms. The van der Waals surface area contributed by atoms with Crippen molar-refractivity contribution in [3.05, 3.63) is 100 Å². The molecule has 0 amide bonds. The second kappa shape index (κ2) is 9.55. The highest BCUT2D eigenvalue weighted by molar-refractivity contribution is 5.84. The van der Waals surface area contributed by atoms with E-state index in [1.807, 2.05) is 0 Å². The van der Waals surface area contributed by atoms with E-state index < -0.39 is 29.1 Å². The lowest BCUT2D eigenvalue weighted by Gasteiger charge is -2.32. The lowest BCUT2D eigenvalue weighted by molar-refractivity contribution is -0.376. The highest BCUT2D eigenvalue weighted by Gasteiger charge is 2.71. The second-order valence-electron chi connectivity index (χ2n) is 8.17. The highest BCUT2D eigenvalue weighted by atomic mass is 19.4. The largest absolute Gasteiger partial charge is 0.493 e. The molecule has 0 radical (unpaired) electrons. The zero-order valence-corrected chi connectivity index (χ0v) is 19.3. The number of nitrogens with zero attached hydrogens (tertiary/aromatic N) is 2. The van der Waals surface area contributed by atoms with Crippen LogP contribution in [0.5, 0.6) is 5.75 Å². The minimum atomic E-state index is -6.03. The fourth-order valence-electron chi connectivity index (χ4n) is 4.02. The third-order valence-electron chi connectivity index (χ3n) is 5.80. The van der Waals surface area contributed by atoms with Crippen molar-refractivity contribution in [2.45, 2.75) is 31.3 Å². The molecule has 0 fully saturated rings. The lowest BCUT2D eigenvalue weighted by Crippen LogP contribution is -2.53. The number of ether oxygens (including phenoxy) is 1. The Hall–Kier alpha value is -3.86. The van der Waals surface area contributed by atoms with Gasteiger partial charge in [-0.05, 0) is 36.8 Å². The topological polar surface area (TPSA) is 64.3 Å². The molecule has 11 heteroatoms. The summed E-state index contributed by atoms with van der Waals surface area (Å²) in [5.41, 5.74) is -6.08. The van der Waals surface area contributed by atoms with Gasteiger partial charge in [0.25, 0.3) is 11.2 Å². The average Bonchev–Trinajstić information content (AvgIpc) is 2.83. The molecule has 4 rings (SSSR count). The molecule has 194 valence electrons. The van der Waals surface area contributed by atoms with Crippen LogP contribution in [0.15, 0.2) is 77.6 Å². The van der Waals surface area contributed by atoms with Gasteiger partial charge in [0, 0.05) is 12.0 Å². The van der Waals surface area contributed by atoms with Gasteiger partial charge < -0.3 is 9.84 Å². The van der Waals surface area contributed by atoms with Crippen molar-refractivity contribution in [1.82, 2.24) is 9.55 Å². The summed E-state index contributed by atoms with van der Waals surface area (Å²) < 4.78 is 86.6. The number of hydrogen-bond donors (Lipinski definition) is 1. The quantitative estimate of drug-likeness (QED) is 0.331. The van der Waals surface area contributed by atoms with E-state index in [0.29, 0.717) is 17.6 Å². The first kappa shape index (κ1) is 26.2. The Labute approximate surface area is 206 Å². The van der Waals surface area contributed by atoms with Crippen LogP contribution in [0.4, 0.5) is 26.3 Å². The van der Waals surface area contributed by atoms with Gasteiger partial charge in [-0.3, -0.25) is 9.36 Å². The predicted molar refractivity (Wildman–Crippen MR) is 124 cm³/mol. The molecule has 0 saturated carbocycles. The summed E-state index contributed by atoms with van der Waals surface area (Å²) in [6.07, 6.45) is -11.9. The van der Waals surface area contributed by atoms with Crippen LogP contribution in [-0.4, -0.2) is 33.6 Å². The zero-order valence-electron chi connectivity index (χ0n) is 19.3. The van der Waals surface area contributed by atoms with Crippen LogP contribution in [0.2, 0.25) is 0 Å². The van der Waals surface area contributed by atoms with Crippen molar-refractivity contribution in [2.24, 2.45) is 0 Å². The average molecular weight is 522 g/mol. The summed E-state index contributed by atoms with van der Waals surface area (Å²) in [6.45, 7) is 1.96. The minimum Gasteiger partial charge on any atom is -0.493 e. The molecular weight excluding hydrogens is 502 g/mol. The van der Waals surface area contributed by atoms with Crippen molar-refractivity contribution in [3.8, 4) is 11.4 Å². The number of alkyl halides is 6. The number of aromatic nitrogens is 2. The highest BCUT2D eigenvalue weighted by Crippen LogP contribution is 2.50. The molecule has 3 aromatic carbocycles. The van der Waals surface area contributed by atoms with E-state index in [1.165, 1.54) is 0 Å². The number of rotatable bonds is 6. The van der Waals surface area contributed by atoms with Crippen molar-refractivity contribution in [2.75, 3.05) is 6.61 Å². The number of benzene rings is 3. The maximum Gasteiger partial charge on any atom is 0.430 e. The summed E-state index contributed by atoms with van der Waals surface area (Å²) in [5.74, 6) is 0.435. The summed E-state index contributed by atoms with van der Waals surface area (Å²) in [5, 5.41) is 9.81. The van der Waals surface area contributed by atoms with E-state index in [0.717, 1.165) is 22.3 Å². The number of fused-ring (bicyclic) bond motifs is 1. The Kier molecular flexibility index (Phi) is 6.76. The Morgan fingerprint density at radius 2 is 1.49 bits per heavy atom. The van der Waals surface area contributed by atoms with Gasteiger partial charge in [-0.2, -0.15) is 26.3 Å². The standard InChI is InChI=1S/C26H20F6N2O3/c1-2-37-20-10-6-9-19-22(20)23(35)34(21(33-19)15-16-7-4-3-5-8-16)18-13-11-17(12-14-18)24(36,25(27,28)29)26(30,31)32/h3-14,36H,2,15H2,1H3. The normalized spacial score (nSPS) is 12.6. The SMILES string of the molecule is CCOc1cccc2nc(Cc3ccccc3)n(-c3ccc(C(O)(C(F)(F)F)C(F)(F)F)cc3)c(=O)c12. The van der Waals surface area contributed by atoms with E-state index in [4.69, 9.17) is 4.74 Å². The molecule has 1 aromatic heterocycles. The lowest BCUT2D eigenvalue weighted by atomic mass is 9.92. The Morgan fingerprint density at radius 1 is 0.865 bits per heavy atom. The van der Waals surface area contributed by atoms with Gasteiger partial charge in [0.1, 0.15) is 17.0 Å². The molecule has 1 N–H and O–H groups in total. The van der Waals surface area contributed by atoms with Gasteiger partial charge in [-0.1, -0.05) is 48.5 Å². The fourth-order valence-corrected chi connectivity index (χ4v) is 4.02. The van der Waals surface area contributed by atoms with Crippen LogP contribution < -0.4 is 10.3 Å². The fraction of sp³-hybridized carbons (Fsp3) is 0.231. The molecule has 0 aliphatic heterocycles. The summed E-state index contributed by atoms with van der Waals surface area (Å²) >= 11 is 0. The summed E-state index contributed by atoms with van der Waals surface area (Å²) in [6, 6.07) is 16.5. The van der Waals surface area contributed by atoms with Crippen LogP contribution in [0.25, 0.3) is 16.6 Å². The van der Waals surface area contributed by atoms with Crippen LogP contribution in [-0.2, 0) is 12.0 Å². The van der Waals surface area contributed by atoms with E-state index in [1.54, 1.807) is 55.5 Å². The molecule has 0 unspecified atom stereocenters. The zero-order chi connectivity index (χ0) is 27.0. The number of halogens is 6. The maximum absolute atomic E-state index is 13.7. The molecule has 0 atom stereocenters. The van der Waals surface area contributed by atoms with Gasteiger partial charge in [-0.15, -0.1) is 0 Å². The van der Waals surface area contributed by atoms with Gasteiger partial charge in [0.2, 0.25) is 0 Å². The minimum absolute atomic E-state index is 0.0351. The first-order valence-electron chi connectivity index (χ1n) is 11.1. The predicted octanol–water partition coefficient (Wildman–Crippen LogP) is 5.69. The van der Waals surface area contributed by atoms with E-state index in [-0.39, 0.29) is 35.7 Å². The summed E-state index contributed by atoms with van der Waals surface area (Å²) in [4.78, 5) is 18.2. The Bertz CT molecular complexity index is 1450. The molecule has 0 aliphatic carbocycles. The second-order valence-corrected chi connectivity index (χ2v) is 8.17. The molecule has 5 nitrogen and oxygen atoms in total. The smallest absolute Gasteiger partial charge is 0.430 e. The van der Waals surface area contributed by atoms with Crippen LogP contribution in [0.1, 0.15) is 23.9 Å². The molecule has 0 saturated heterocycles. The van der Waals surface area contributed by atoms with Crippen molar-refractivity contribution >= 4 is 10.9 Å². The number of hydrogen-bond acceptors (Lipinski definition) is 4. The molecular formula is C26H20F6N2O3. The first-order chi connectivity index (χ1) is 17.4. The van der Waals surface area contributed by atoms with Crippen molar-refractivity contribution in [1.29, 1.82) is 0 Å². The van der Waals surface area contributed by atoms with Gasteiger partial charge in [-0.25, -0.2) is 4.98 Å². The first-order valence-corrected chi connectivity index (χ1v) is 11.1. The number of aliphatic hydroxyl groups is 1. The van der Waals surface area contributed by atoms with Crippen molar-refractivity contribution < 1.29 is 36.2 Å². The van der Waals surface area contributed by atoms with Crippen LogP contribution >= 0.6 is 0 Å². The van der Waals surface area contributed by atoms with Crippen LogP contribution in [0.3, 0.4) is 0 Å². The molecule has 1 heterocycles. The monoisotopic (exact) mass is 522 g/mol. The molecule has 0 bridgehead atoms. The van der Waals surface area contributed by atoms with E-state index in [2.05, 4.69) is 4.98 Å². The summed E-state index contributed by atoms with van der Waals surface area (Å²) in [7, 11) is 0. The van der Waals surface area contributed by atoms with Gasteiger partial charge in [0.05, 0.1) is 17.8 Å².